The molecule has 0 saturated heterocycles. The first kappa shape index (κ1) is 10.8. The van der Waals surface area contributed by atoms with Gasteiger partial charge in [0.1, 0.15) is 6.04 Å². The summed E-state index contributed by atoms with van der Waals surface area (Å²) >= 11 is 0. The van der Waals surface area contributed by atoms with Crippen molar-refractivity contribution in [2.45, 2.75) is 38.9 Å². The number of nitrogens with two attached hydrogens (primary N) is 1. The summed E-state index contributed by atoms with van der Waals surface area (Å²) < 4.78 is 35.7. The zero-order valence-corrected chi connectivity index (χ0v) is 6.78. The van der Waals surface area contributed by atoms with E-state index in [0.29, 0.717) is 6.42 Å². The van der Waals surface area contributed by atoms with Crippen LogP contribution in [0.3, 0.4) is 0 Å². The Bertz CT molecular complexity index is 111. The third kappa shape index (κ3) is 3.60. The predicted octanol–water partition coefficient (Wildman–Crippen LogP) is 2.31. The zero-order chi connectivity index (χ0) is 9.07. The SMILES string of the molecule is CCCC(C)C(N)C(F)(F)F. The number of hydrogen-bond acceptors (Lipinski definition) is 1. The largest absolute Gasteiger partial charge is 0.403 e. The number of alkyl halides is 3. The summed E-state index contributed by atoms with van der Waals surface area (Å²) in [6.07, 6.45) is -2.97. The average Bonchev–Trinajstić information content (AvgIpc) is 1.85. The minimum absolute atomic E-state index is 0.472. The molecule has 0 rings (SSSR count). The van der Waals surface area contributed by atoms with E-state index in [0.717, 1.165) is 6.42 Å². The molecular weight excluding hydrogens is 155 g/mol. The van der Waals surface area contributed by atoms with Gasteiger partial charge in [0.15, 0.2) is 0 Å². The molecule has 1 nitrogen and oxygen atoms in total. The van der Waals surface area contributed by atoms with Gasteiger partial charge in [-0.1, -0.05) is 20.3 Å². The summed E-state index contributed by atoms with van der Waals surface area (Å²) in [5, 5.41) is 0. The van der Waals surface area contributed by atoms with Gasteiger partial charge >= 0.3 is 6.18 Å². The van der Waals surface area contributed by atoms with Crippen molar-refractivity contribution in [1.29, 1.82) is 0 Å². The lowest BCUT2D eigenvalue weighted by Crippen LogP contribution is -2.42. The minimum atomic E-state index is -4.24. The lowest BCUT2D eigenvalue weighted by molar-refractivity contribution is -0.158. The molecule has 0 fully saturated rings. The third-order valence-electron chi connectivity index (χ3n) is 1.74. The van der Waals surface area contributed by atoms with Gasteiger partial charge < -0.3 is 5.73 Å². The van der Waals surface area contributed by atoms with Gasteiger partial charge in [-0.05, 0) is 12.3 Å². The summed E-state index contributed by atoms with van der Waals surface area (Å²) in [7, 11) is 0. The summed E-state index contributed by atoms with van der Waals surface area (Å²) in [5.41, 5.74) is 4.96. The molecule has 0 aromatic carbocycles. The van der Waals surface area contributed by atoms with Crippen LogP contribution in [0.4, 0.5) is 13.2 Å². The summed E-state index contributed by atoms with van der Waals surface area (Å²) in [4.78, 5) is 0. The van der Waals surface area contributed by atoms with Crippen LogP contribution in [0.1, 0.15) is 26.7 Å². The second-order valence-electron chi connectivity index (χ2n) is 2.83. The van der Waals surface area contributed by atoms with Crippen LogP contribution in [-0.2, 0) is 0 Å². The molecule has 11 heavy (non-hydrogen) atoms. The van der Waals surface area contributed by atoms with Crippen molar-refractivity contribution in [2.75, 3.05) is 0 Å². The molecule has 0 aliphatic heterocycles. The summed E-state index contributed by atoms with van der Waals surface area (Å²) in [5.74, 6) is -0.472. The molecule has 0 radical (unpaired) electrons. The quantitative estimate of drug-likeness (QED) is 0.689. The molecule has 0 bridgehead atoms. The standard InChI is InChI=1S/C7H14F3N/c1-3-4-5(2)6(11)7(8,9)10/h5-6H,3-4,11H2,1-2H3. The smallest absolute Gasteiger partial charge is 0.320 e. The van der Waals surface area contributed by atoms with Crippen LogP contribution in [0, 0.1) is 5.92 Å². The van der Waals surface area contributed by atoms with Crippen molar-refractivity contribution in [3.63, 3.8) is 0 Å². The highest BCUT2D eigenvalue weighted by Crippen LogP contribution is 2.25. The highest BCUT2D eigenvalue weighted by atomic mass is 19.4. The fourth-order valence-corrected chi connectivity index (χ4v) is 0.958. The second-order valence-corrected chi connectivity index (χ2v) is 2.83. The van der Waals surface area contributed by atoms with E-state index in [2.05, 4.69) is 0 Å². The van der Waals surface area contributed by atoms with E-state index in [1.165, 1.54) is 6.92 Å². The Morgan fingerprint density at radius 2 is 1.82 bits per heavy atom. The fourth-order valence-electron chi connectivity index (χ4n) is 0.958. The first-order chi connectivity index (χ1) is 4.89. The van der Waals surface area contributed by atoms with Gasteiger partial charge in [0.2, 0.25) is 0 Å². The monoisotopic (exact) mass is 169 g/mol. The lowest BCUT2D eigenvalue weighted by atomic mass is 9.97. The maximum absolute atomic E-state index is 11.9. The van der Waals surface area contributed by atoms with Crippen LogP contribution >= 0.6 is 0 Å². The van der Waals surface area contributed by atoms with Gasteiger partial charge in [-0.25, -0.2) is 0 Å². The van der Waals surface area contributed by atoms with E-state index in [4.69, 9.17) is 5.73 Å². The highest BCUT2D eigenvalue weighted by Gasteiger charge is 2.39. The van der Waals surface area contributed by atoms with Crippen molar-refractivity contribution in [3.05, 3.63) is 0 Å². The maximum atomic E-state index is 11.9. The maximum Gasteiger partial charge on any atom is 0.403 e. The Kier molecular flexibility index (Phi) is 3.86. The van der Waals surface area contributed by atoms with E-state index >= 15 is 0 Å². The van der Waals surface area contributed by atoms with Gasteiger partial charge in [-0.3, -0.25) is 0 Å². The van der Waals surface area contributed by atoms with Crippen molar-refractivity contribution >= 4 is 0 Å². The van der Waals surface area contributed by atoms with Crippen LogP contribution < -0.4 is 5.73 Å². The van der Waals surface area contributed by atoms with Crippen LogP contribution in [0.2, 0.25) is 0 Å². The van der Waals surface area contributed by atoms with Crippen molar-refractivity contribution < 1.29 is 13.2 Å². The van der Waals surface area contributed by atoms with Gasteiger partial charge in [0.05, 0.1) is 0 Å². The molecule has 68 valence electrons. The third-order valence-corrected chi connectivity index (χ3v) is 1.74. The molecule has 4 heteroatoms. The first-order valence-corrected chi connectivity index (χ1v) is 3.71. The van der Waals surface area contributed by atoms with Crippen molar-refractivity contribution in [2.24, 2.45) is 11.7 Å². The van der Waals surface area contributed by atoms with Gasteiger partial charge in [-0.2, -0.15) is 13.2 Å². The van der Waals surface area contributed by atoms with Crippen molar-refractivity contribution in [1.82, 2.24) is 0 Å². The van der Waals surface area contributed by atoms with Crippen LogP contribution in [-0.4, -0.2) is 12.2 Å². The molecule has 0 heterocycles. The average molecular weight is 169 g/mol. The molecule has 0 aromatic heterocycles. The molecule has 0 amide bonds. The van der Waals surface area contributed by atoms with Crippen LogP contribution in [0.15, 0.2) is 0 Å². The summed E-state index contributed by atoms with van der Waals surface area (Å²) in [6, 6.07) is -1.66. The Hall–Kier alpha value is -0.250. The lowest BCUT2D eigenvalue weighted by Gasteiger charge is -2.21. The van der Waals surface area contributed by atoms with E-state index < -0.39 is 18.1 Å². The molecule has 0 aliphatic carbocycles. The Labute approximate surface area is 64.8 Å². The summed E-state index contributed by atoms with van der Waals surface area (Å²) in [6.45, 7) is 3.38. The van der Waals surface area contributed by atoms with Gasteiger partial charge in [0, 0.05) is 0 Å². The Morgan fingerprint density at radius 3 is 2.09 bits per heavy atom. The molecule has 0 aromatic rings. The predicted molar refractivity (Wildman–Crippen MR) is 38.1 cm³/mol. The highest BCUT2D eigenvalue weighted by molar-refractivity contribution is 4.75. The number of rotatable bonds is 3. The molecule has 2 N–H and O–H groups in total. The fraction of sp³-hybridized carbons (Fsp3) is 1.00. The molecule has 0 aliphatic rings. The van der Waals surface area contributed by atoms with Crippen LogP contribution in [0.5, 0.6) is 0 Å². The Morgan fingerprint density at radius 1 is 1.36 bits per heavy atom. The van der Waals surface area contributed by atoms with Crippen molar-refractivity contribution in [3.8, 4) is 0 Å². The molecule has 0 saturated carbocycles. The van der Waals surface area contributed by atoms with Gasteiger partial charge in [0.25, 0.3) is 0 Å². The van der Waals surface area contributed by atoms with Crippen LogP contribution in [0.25, 0.3) is 0 Å². The topological polar surface area (TPSA) is 26.0 Å². The molecule has 2 unspecified atom stereocenters. The molecular formula is C7H14F3N. The second kappa shape index (κ2) is 3.95. The van der Waals surface area contributed by atoms with E-state index in [1.807, 2.05) is 6.92 Å². The number of hydrogen-bond donors (Lipinski definition) is 1. The molecule has 2 atom stereocenters. The van der Waals surface area contributed by atoms with E-state index in [9.17, 15) is 13.2 Å². The zero-order valence-electron chi connectivity index (χ0n) is 6.78. The molecule has 0 spiro atoms. The number of halogens is 3. The first-order valence-electron chi connectivity index (χ1n) is 3.71. The van der Waals surface area contributed by atoms with E-state index in [1.54, 1.807) is 0 Å². The normalized spacial score (nSPS) is 18.0. The van der Waals surface area contributed by atoms with Gasteiger partial charge in [-0.15, -0.1) is 0 Å². The van der Waals surface area contributed by atoms with E-state index in [-0.39, 0.29) is 0 Å². The Balaban J connectivity index is 3.91. The minimum Gasteiger partial charge on any atom is -0.320 e.